The van der Waals surface area contributed by atoms with Gasteiger partial charge in [-0.05, 0) is 43.0 Å². The summed E-state index contributed by atoms with van der Waals surface area (Å²) < 4.78 is 5.51. The first-order valence-electron chi connectivity index (χ1n) is 10.4. The molecule has 3 heterocycles. The Bertz CT molecular complexity index is 1150. The number of rotatable bonds is 5. The molecule has 5 rings (SSSR count). The van der Waals surface area contributed by atoms with E-state index in [-0.39, 0.29) is 11.7 Å². The zero-order chi connectivity index (χ0) is 19.8. The molecule has 148 valence electrons. The smallest absolute Gasteiger partial charge is 0.188 e. The molecular formula is C24H25N3O2. The molecule has 2 N–H and O–H groups in total. The summed E-state index contributed by atoms with van der Waals surface area (Å²) in [5.74, 6) is 0.410. The van der Waals surface area contributed by atoms with Crippen molar-refractivity contribution in [3.63, 3.8) is 0 Å². The summed E-state index contributed by atoms with van der Waals surface area (Å²) in [4.78, 5) is 17.9. The van der Waals surface area contributed by atoms with Gasteiger partial charge in [-0.2, -0.15) is 0 Å². The summed E-state index contributed by atoms with van der Waals surface area (Å²) in [5.41, 5.74) is 4.73. The number of carbonyl (C=O) groups is 1. The zero-order valence-electron chi connectivity index (χ0n) is 16.6. The van der Waals surface area contributed by atoms with Gasteiger partial charge in [-0.1, -0.05) is 37.3 Å². The van der Waals surface area contributed by atoms with Crippen LogP contribution in [0.25, 0.3) is 21.8 Å². The standard InChI is InChI=1S/C24H25N3O2/c1-2-18(15-6-4-3-5-7-15)24(28)22-13-17-12-19-21(14-20(17)25-22)26-27-23(19)16-8-10-29-11-9-16/h3-7,12-14,16,18,26-27H,2,8-11H2,1H3/t18-/m1/s1. The highest BCUT2D eigenvalue weighted by Gasteiger charge is 2.24. The van der Waals surface area contributed by atoms with Gasteiger partial charge in [-0.3, -0.25) is 4.79 Å². The molecule has 1 fully saturated rings. The van der Waals surface area contributed by atoms with Crippen molar-refractivity contribution in [3.8, 4) is 0 Å². The summed E-state index contributed by atoms with van der Waals surface area (Å²) in [5, 5.41) is 8.85. The molecule has 0 unspecified atom stereocenters. The Labute approximate surface area is 169 Å². The van der Waals surface area contributed by atoms with Crippen LogP contribution in [-0.2, 0) is 4.74 Å². The Morgan fingerprint density at radius 2 is 1.93 bits per heavy atom. The maximum Gasteiger partial charge on any atom is 0.188 e. The molecular weight excluding hydrogens is 362 g/mol. The van der Waals surface area contributed by atoms with E-state index < -0.39 is 0 Å². The van der Waals surface area contributed by atoms with E-state index in [2.05, 4.69) is 28.2 Å². The van der Waals surface area contributed by atoms with Gasteiger partial charge < -0.3 is 14.9 Å². The van der Waals surface area contributed by atoms with Crippen molar-refractivity contribution in [1.82, 2.24) is 15.2 Å². The number of benzene rings is 2. The molecule has 0 saturated carbocycles. The molecule has 0 spiro atoms. The van der Waals surface area contributed by atoms with E-state index in [1.54, 1.807) is 0 Å². The SMILES string of the molecule is CC[C@@H](C(=O)c1cc2cc3c(C4CCOCC4)[nH][nH]c3cc2n1)c1ccccc1. The van der Waals surface area contributed by atoms with Crippen LogP contribution in [0.3, 0.4) is 0 Å². The number of ketones is 1. The summed E-state index contributed by atoms with van der Waals surface area (Å²) in [7, 11) is 0. The number of nitrogens with zero attached hydrogens (tertiary/aromatic N) is 1. The summed E-state index contributed by atoms with van der Waals surface area (Å²) in [6, 6.07) is 16.1. The van der Waals surface area contributed by atoms with Crippen LogP contribution in [0.5, 0.6) is 0 Å². The fourth-order valence-electron chi connectivity index (χ4n) is 4.53. The molecule has 0 amide bonds. The van der Waals surface area contributed by atoms with Crippen molar-refractivity contribution >= 4 is 27.6 Å². The minimum atomic E-state index is -0.156. The van der Waals surface area contributed by atoms with E-state index in [1.807, 2.05) is 42.5 Å². The van der Waals surface area contributed by atoms with Crippen LogP contribution >= 0.6 is 0 Å². The molecule has 1 saturated heterocycles. The minimum absolute atomic E-state index is 0.0924. The van der Waals surface area contributed by atoms with E-state index in [0.29, 0.717) is 11.6 Å². The highest BCUT2D eigenvalue weighted by molar-refractivity contribution is 6.05. The quantitative estimate of drug-likeness (QED) is 0.456. The van der Waals surface area contributed by atoms with Crippen molar-refractivity contribution in [2.45, 2.75) is 38.0 Å². The number of aromatic nitrogens is 3. The predicted molar refractivity (Wildman–Crippen MR) is 115 cm³/mol. The first kappa shape index (κ1) is 18.1. The third-order valence-corrected chi connectivity index (χ3v) is 6.13. The van der Waals surface area contributed by atoms with E-state index in [4.69, 9.17) is 4.74 Å². The van der Waals surface area contributed by atoms with Crippen LogP contribution in [0, 0.1) is 0 Å². The third kappa shape index (κ3) is 3.25. The summed E-state index contributed by atoms with van der Waals surface area (Å²) >= 11 is 0. The molecule has 2 aromatic heterocycles. The number of hydrogen-bond donors (Lipinski definition) is 2. The molecule has 5 nitrogen and oxygen atoms in total. The van der Waals surface area contributed by atoms with Gasteiger partial charge in [0.2, 0.25) is 0 Å². The van der Waals surface area contributed by atoms with E-state index in [0.717, 1.165) is 54.5 Å². The zero-order valence-corrected chi connectivity index (χ0v) is 16.6. The molecule has 4 aromatic rings. The van der Waals surface area contributed by atoms with Gasteiger partial charge in [0.1, 0.15) is 5.69 Å². The van der Waals surface area contributed by atoms with Gasteiger partial charge in [0.15, 0.2) is 5.78 Å². The lowest BCUT2D eigenvalue weighted by Crippen LogP contribution is -2.14. The molecule has 29 heavy (non-hydrogen) atoms. The lowest BCUT2D eigenvalue weighted by molar-refractivity contribution is 0.0847. The Morgan fingerprint density at radius 3 is 2.69 bits per heavy atom. The summed E-state index contributed by atoms with van der Waals surface area (Å²) in [6.07, 6.45) is 2.81. The third-order valence-electron chi connectivity index (χ3n) is 6.13. The monoisotopic (exact) mass is 387 g/mol. The first-order chi connectivity index (χ1) is 14.2. The topological polar surface area (TPSA) is 70.8 Å². The maximum absolute atomic E-state index is 13.2. The van der Waals surface area contributed by atoms with Crippen LogP contribution in [0.15, 0.2) is 48.5 Å². The highest BCUT2D eigenvalue weighted by Crippen LogP contribution is 2.33. The van der Waals surface area contributed by atoms with E-state index >= 15 is 0 Å². The van der Waals surface area contributed by atoms with Crippen molar-refractivity contribution < 1.29 is 9.53 Å². The largest absolute Gasteiger partial charge is 0.381 e. The van der Waals surface area contributed by atoms with Crippen molar-refractivity contribution in [2.75, 3.05) is 13.2 Å². The molecule has 0 radical (unpaired) electrons. The van der Waals surface area contributed by atoms with Gasteiger partial charge in [-0.25, -0.2) is 4.98 Å². The number of Topliss-reactive ketones (excluding diaryl/α,β-unsaturated/α-hetero) is 1. The second-order valence-corrected chi connectivity index (χ2v) is 7.88. The summed E-state index contributed by atoms with van der Waals surface area (Å²) in [6.45, 7) is 3.67. The van der Waals surface area contributed by atoms with Crippen LogP contribution in [0.4, 0.5) is 0 Å². The number of H-pyrrole nitrogens is 2. The average Bonchev–Trinajstić information content (AvgIpc) is 3.37. The van der Waals surface area contributed by atoms with Crippen LogP contribution < -0.4 is 0 Å². The maximum atomic E-state index is 13.2. The second kappa shape index (κ2) is 7.48. The minimum Gasteiger partial charge on any atom is -0.381 e. The first-order valence-corrected chi connectivity index (χ1v) is 10.4. The normalized spacial score (nSPS) is 16.4. The Balaban J connectivity index is 1.52. The van der Waals surface area contributed by atoms with E-state index in [9.17, 15) is 4.79 Å². The number of fused-ring (bicyclic) bond motifs is 2. The van der Waals surface area contributed by atoms with Gasteiger partial charge in [0.05, 0.1) is 11.0 Å². The number of nitrogens with one attached hydrogen (secondary N) is 2. The molecule has 1 atom stereocenters. The Kier molecular flexibility index (Phi) is 4.68. The molecule has 1 aliphatic heterocycles. The number of hydrogen-bond acceptors (Lipinski definition) is 3. The molecule has 5 heteroatoms. The average molecular weight is 387 g/mol. The fourth-order valence-corrected chi connectivity index (χ4v) is 4.53. The lowest BCUT2D eigenvalue weighted by atomic mass is 9.91. The molecule has 0 aliphatic carbocycles. The van der Waals surface area contributed by atoms with Gasteiger partial charge in [0.25, 0.3) is 0 Å². The van der Waals surface area contributed by atoms with E-state index in [1.165, 1.54) is 11.1 Å². The number of aromatic amines is 2. The predicted octanol–water partition coefficient (Wildman–Crippen LogP) is 5.31. The van der Waals surface area contributed by atoms with Crippen LogP contribution in [-0.4, -0.2) is 34.2 Å². The van der Waals surface area contributed by atoms with Crippen molar-refractivity contribution in [2.24, 2.45) is 0 Å². The Morgan fingerprint density at radius 1 is 1.14 bits per heavy atom. The Hall–Kier alpha value is -2.92. The van der Waals surface area contributed by atoms with Gasteiger partial charge >= 0.3 is 0 Å². The highest BCUT2D eigenvalue weighted by atomic mass is 16.5. The van der Waals surface area contributed by atoms with Crippen molar-refractivity contribution in [3.05, 3.63) is 65.5 Å². The number of ether oxygens (including phenoxy) is 1. The fraction of sp³-hybridized carbons (Fsp3) is 0.333. The van der Waals surface area contributed by atoms with Gasteiger partial charge in [-0.15, -0.1) is 0 Å². The van der Waals surface area contributed by atoms with Crippen LogP contribution in [0.2, 0.25) is 0 Å². The molecule has 1 aliphatic rings. The molecule has 0 bridgehead atoms. The van der Waals surface area contributed by atoms with Crippen LogP contribution in [0.1, 0.15) is 59.8 Å². The van der Waals surface area contributed by atoms with Crippen molar-refractivity contribution in [1.29, 1.82) is 0 Å². The second-order valence-electron chi connectivity index (χ2n) is 7.88. The lowest BCUT2D eigenvalue weighted by Gasteiger charge is -2.21. The number of carbonyl (C=O) groups excluding carboxylic acids is 1. The van der Waals surface area contributed by atoms with Gasteiger partial charge in [0, 0.05) is 41.5 Å². The molecule has 2 aromatic carbocycles.